The lowest BCUT2D eigenvalue weighted by Crippen LogP contribution is -2.47. The number of hydrogen-bond acceptors (Lipinski definition) is 8. The van der Waals surface area contributed by atoms with E-state index in [1.807, 2.05) is 39.0 Å². The van der Waals surface area contributed by atoms with Crippen molar-refractivity contribution in [3.63, 3.8) is 0 Å². The van der Waals surface area contributed by atoms with Crippen molar-refractivity contribution < 1.29 is 19.5 Å². The van der Waals surface area contributed by atoms with Crippen LogP contribution in [0.1, 0.15) is 60.7 Å². The second-order valence-electron chi connectivity index (χ2n) is 10.9. The minimum absolute atomic E-state index is 0.0886. The molecule has 1 saturated heterocycles. The smallest absolute Gasteiger partial charge is 0.248 e. The Bertz CT molecular complexity index is 1740. The zero-order valence-electron chi connectivity index (χ0n) is 24.3. The summed E-state index contributed by atoms with van der Waals surface area (Å²) in [5.41, 5.74) is 4.04. The predicted octanol–water partition coefficient (Wildman–Crippen LogP) is 5.16. The second-order valence-corrected chi connectivity index (χ2v) is 13.0. The highest BCUT2D eigenvalue weighted by molar-refractivity contribution is 14.1. The molecule has 0 spiro atoms. The Balaban J connectivity index is 1.47. The highest BCUT2D eigenvalue weighted by atomic mass is 127. The summed E-state index contributed by atoms with van der Waals surface area (Å²) >= 11 is 5.56. The molecule has 4 heterocycles. The van der Waals surface area contributed by atoms with Crippen molar-refractivity contribution in [2.24, 2.45) is 5.92 Å². The van der Waals surface area contributed by atoms with Gasteiger partial charge in [0.15, 0.2) is 11.6 Å². The molecule has 1 aliphatic heterocycles. The Labute approximate surface area is 270 Å². The SMILES string of the molecule is CC(=O)c1nn(CC(=O)N2[C@H](I)[C@@H](C)C[C@H]2C(=O)Nc2nc(Br)ccc2C)c2c(C)cc(-c3cnc([C@@H](C)O)nc3)cc12. The first kappa shape index (κ1) is 31.1. The molecule has 224 valence electrons. The van der Waals surface area contributed by atoms with Crippen LogP contribution in [0.15, 0.2) is 41.3 Å². The van der Waals surface area contributed by atoms with E-state index >= 15 is 0 Å². The van der Waals surface area contributed by atoms with Crippen LogP contribution < -0.4 is 5.32 Å². The van der Waals surface area contributed by atoms with E-state index in [2.05, 4.69) is 63.9 Å². The number of anilines is 1. The molecule has 43 heavy (non-hydrogen) atoms. The Morgan fingerprint density at radius 1 is 1.14 bits per heavy atom. The third-order valence-corrected chi connectivity index (χ3v) is 9.86. The molecule has 0 aliphatic carbocycles. The first-order chi connectivity index (χ1) is 20.3. The number of aliphatic hydroxyl groups excluding tert-OH is 1. The number of amides is 2. The van der Waals surface area contributed by atoms with Crippen LogP contribution in [0.2, 0.25) is 0 Å². The zero-order valence-corrected chi connectivity index (χ0v) is 28.0. The van der Waals surface area contributed by atoms with Gasteiger partial charge < -0.3 is 15.3 Å². The molecule has 1 fully saturated rings. The van der Waals surface area contributed by atoms with Crippen LogP contribution in [0, 0.1) is 19.8 Å². The number of halogens is 2. The number of fused-ring (bicyclic) bond motifs is 1. The van der Waals surface area contributed by atoms with Crippen molar-refractivity contribution >= 4 is 72.8 Å². The van der Waals surface area contributed by atoms with Gasteiger partial charge in [-0.05, 0) is 83.9 Å². The third-order valence-electron chi connectivity index (χ3n) is 7.59. The fourth-order valence-electron chi connectivity index (χ4n) is 5.38. The maximum absolute atomic E-state index is 13.9. The van der Waals surface area contributed by atoms with Gasteiger partial charge in [-0.1, -0.05) is 35.6 Å². The normalized spacial score (nSPS) is 19.1. The van der Waals surface area contributed by atoms with Crippen LogP contribution in [0.25, 0.3) is 22.0 Å². The summed E-state index contributed by atoms with van der Waals surface area (Å²) in [5, 5.41) is 17.8. The summed E-state index contributed by atoms with van der Waals surface area (Å²) in [4.78, 5) is 54.5. The van der Waals surface area contributed by atoms with Crippen molar-refractivity contribution in [1.82, 2.24) is 29.6 Å². The number of likely N-dealkylation sites (tertiary alicyclic amines) is 1. The monoisotopic (exact) mass is 759 g/mol. The van der Waals surface area contributed by atoms with Gasteiger partial charge in [-0.25, -0.2) is 15.0 Å². The van der Waals surface area contributed by atoms with Gasteiger partial charge in [-0.3, -0.25) is 19.1 Å². The van der Waals surface area contributed by atoms with E-state index in [9.17, 15) is 19.5 Å². The molecule has 1 aromatic carbocycles. The summed E-state index contributed by atoms with van der Waals surface area (Å²) in [7, 11) is 0. The number of Topliss-reactive ketones (excluding diaryl/α,β-unsaturated/α-hetero) is 1. The predicted molar refractivity (Wildman–Crippen MR) is 174 cm³/mol. The van der Waals surface area contributed by atoms with Gasteiger partial charge >= 0.3 is 0 Å². The number of nitrogens with one attached hydrogen (secondary N) is 1. The van der Waals surface area contributed by atoms with Crippen LogP contribution in [-0.4, -0.2) is 62.4 Å². The van der Waals surface area contributed by atoms with Gasteiger partial charge in [0.1, 0.15) is 34.8 Å². The average molecular weight is 760 g/mol. The molecule has 3 aromatic heterocycles. The lowest BCUT2D eigenvalue weighted by atomic mass is 10.0. The maximum Gasteiger partial charge on any atom is 0.248 e. The average Bonchev–Trinajstić information content (AvgIpc) is 3.47. The first-order valence-electron chi connectivity index (χ1n) is 13.8. The molecule has 11 nitrogen and oxygen atoms in total. The molecule has 2 amide bonds. The summed E-state index contributed by atoms with van der Waals surface area (Å²) < 4.78 is 1.95. The fraction of sp³-hybridized carbons (Fsp3) is 0.367. The Hall–Kier alpha value is -3.30. The zero-order chi connectivity index (χ0) is 31.2. The van der Waals surface area contributed by atoms with Crippen LogP contribution in [0.3, 0.4) is 0 Å². The summed E-state index contributed by atoms with van der Waals surface area (Å²) in [6.45, 7) is 8.67. The van der Waals surface area contributed by atoms with Crippen molar-refractivity contribution in [1.29, 1.82) is 0 Å². The topological polar surface area (TPSA) is 143 Å². The minimum atomic E-state index is -0.786. The van der Waals surface area contributed by atoms with Crippen molar-refractivity contribution in [3.05, 3.63) is 63.9 Å². The number of aromatic nitrogens is 5. The third kappa shape index (κ3) is 6.20. The number of aryl methyl sites for hydroxylation is 2. The van der Waals surface area contributed by atoms with E-state index in [4.69, 9.17) is 0 Å². The molecular weight excluding hydrogens is 729 g/mol. The number of aliphatic hydroxyl groups is 1. The molecule has 1 aliphatic rings. The van der Waals surface area contributed by atoms with Crippen LogP contribution in [0.5, 0.6) is 0 Å². The molecule has 0 saturated carbocycles. The number of pyridine rings is 1. The van der Waals surface area contributed by atoms with E-state index in [0.29, 0.717) is 33.6 Å². The minimum Gasteiger partial charge on any atom is -0.385 e. The largest absolute Gasteiger partial charge is 0.385 e. The molecule has 0 bridgehead atoms. The van der Waals surface area contributed by atoms with Gasteiger partial charge in [-0.2, -0.15) is 5.10 Å². The first-order valence-corrected chi connectivity index (χ1v) is 15.8. The number of hydrogen-bond donors (Lipinski definition) is 2. The summed E-state index contributed by atoms with van der Waals surface area (Å²) in [6, 6.07) is 6.74. The molecular formula is C30H31BrIN7O4. The summed E-state index contributed by atoms with van der Waals surface area (Å²) in [5.74, 6) is 0.0465. The standard InChI is InChI=1S/C30H31BrIN7O4/c1-14-6-7-23(31)35-28(14)36-30(43)22-9-16(3)27(32)39(22)24(42)13-38-26-15(2)8-19(10-21(26)25(37-38)17(4)40)20-11-33-29(18(5)41)34-12-20/h6-8,10-12,16,18,22,27,41H,9,13H2,1-5H3,(H,35,36,43)/t16-,18+,22-,27-/m0/s1. The van der Waals surface area contributed by atoms with Gasteiger partial charge in [0.2, 0.25) is 11.8 Å². The summed E-state index contributed by atoms with van der Waals surface area (Å²) in [6.07, 6.45) is 2.98. The highest BCUT2D eigenvalue weighted by Gasteiger charge is 2.44. The number of benzene rings is 1. The lowest BCUT2D eigenvalue weighted by molar-refractivity contribution is -0.137. The van der Waals surface area contributed by atoms with Gasteiger partial charge in [-0.15, -0.1) is 0 Å². The number of nitrogens with zero attached hydrogens (tertiary/aromatic N) is 6. The number of ketones is 1. The fourth-order valence-corrected chi connectivity index (χ4v) is 6.68. The molecule has 4 aromatic rings. The van der Waals surface area contributed by atoms with Crippen LogP contribution >= 0.6 is 38.5 Å². The highest BCUT2D eigenvalue weighted by Crippen LogP contribution is 2.36. The Kier molecular flexibility index (Phi) is 8.95. The van der Waals surface area contributed by atoms with Crippen molar-refractivity contribution in [2.45, 2.75) is 63.8 Å². The number of carbonyl (C=O) groups excluding carboxylic acids is 3. The van der Waals surface area contributed by atoms with Gasteiger partial charge in [0.25, 0.3) is 0 Å². The molecule has 0 unspecified atom stereocenters. The van der Waals surface area contributed by atoms with E-state index in [1.165, 1.54) is 6.92 Å². The van der Waals surface area contributed by atoms with Gasteiger partial charge in [0, 0.05) is 30.3 Å². The maximum atomic E-state index is 13.9. The molecule has 5 rings (SSSR count). The Morgan fingerprint density at radius 2 is 1.84 bits per heavy atom. The molecule has 4 atom stereocenters. The van der Waals surface area contributed by atoms with Gasteiger partial charge in [0.05, 0.1) is 9.57 Å². The quantitative estimate of drug-likeness (QED) is 0.0866. The van der Waals surface area contributed by atoms with Crippen molar-refractivity contribution in [2.75, 3.05) is 5.32 Å². The molecule has 2 N–H and O–H groups in total. The van der Waals surface area contributed by atoms with E-state index < -0.39 is 12.1 Å². The second kappa shape index (κ2) is 12.4. The lowest BCUT2D eigenvalue weighted by Gasteiger charge is -2.27. The number of carbonyl (C=O) groups is 3. The van der Waals surface area contributed by atoms with E-state index in [-0.39, 0.29) is 39.8 Å². The molecule has 0 radical (unpaired) electrons. The van der Waals surface area contributed by atoms with E-state index in [1.54, 1.807) is 35.0 Å². The Morgan fingerprint density at radius 3 is 2.49 bits per heavy atom. The van der Waals surface area contributed by atoms with E-state index in [0.717, 1.165) is 22.3 Å². The van der Waals surface area contributed by atoms with Crippen LogP contribution in [0.4, 0.5) is 5.82 Å². The number of rotatable bonds is 7. The number of alkyl halides is 1. The van der Waals surface area contributed by atoms with Crippen molar-refractivity contribution in [3.8, 4) is 11.1 Å². The molecule has 13 heteroatoms. The van der Waals surface area contributed by atoms with Crippen LogP contribution in [-0.2, 0) is 16.1 Å².